The molecule has 1 aromatic rings. The van der Waals surface area contributed by atoms with Crippen molar-refractivity contribution < 1.29 is 23.4 Å². The molecule has 0 radical (unpaired) electrons. The minimum absolute atomic E-state index is 0.525. The normalized spacial score (nSPS) is 21.9. The van der Waals surface area contributed by atoms with E-state index in [1.54, 1.807) is 6.92 Å². The van der Waals surface area contributed by atoms with E-state index in [4.69, 9.17) is 19.9 Å². The maximum absolute atomic E-state index is 13.4. The fourth-order valence-corrected chi connectivity index (χ4v) is 1.68. The van der Waals surface area contributed by atoms with Gasteiger partial charge < -0.3 is 19.9 Å². The number of nitrogen functional groups attached to an aromatic ring is 1. The molecule has 1 aromatic heterocycles. The zero-order valence-electron chi connectivity index (χ0n) is 12.2. The van der Waals surface area contributed by atoms with E-state index >= 15 is 0 Å². The third-order valence-electron chi connectivity index (χ3n) is 2.77. The van der Waals surface area contributed by atoms with E-state index in [2.05, 4.69) is 4.98 Å². The molecular weight excluding hydrogens is 285 g/mol. The molecule has 1 fully saturated rings. The summed E-state index contributed by atoms with van der Waals surface area (Å²) in [6, 6.07) is 0. The summed E-state index contributed by atoms with van der Waals surface area (Å²) < 4.78 is 28.9. The number of carbonyl (C=O) groups excluding carboxylic acids is 1. The van der Waals surface area contributed by atoms with Gasteiger partial charge in [-0.1, -0.05) is 13.8 Å². The summed E-state index contributed by atoms with van der Waals surface area (Å²) in [5.74, 6) is -1.42. The van der Waals surface area contributed by atoms with Crippen molar-refractivity contribution in [2.24, 2.45) is 0 Å². The van der Waals surface area contributed by atoms with Crippen LogP contribution in [0.3, 0.4) is 0 Å². The van der Waals surface area contributed by atoms with Gasteiger partial charge in [0, 0.05) is 7.11 Å². The average molecular weight is 303 g/mol. The molecule has 21 heavy (non-hydrogen) atoms. The molecule has 0 spiro atoms. The molecule has 0 saturated carbocycles. The molecule has 0 aromatic carbocycles. The summed E-state index contributed by atoms with van der Waals surface area (Å²) in [6.07, 6.45) is -2.75. The van der Waals surface area contributed by atoms with Crippen LogP contribution in [-0.2, 0) is 14.2 Å². The van der Waals surface area contributed by atoms with E-state index in [0.29, 0.717) is 0 Å². The van der Waals surface area contributed by atoms with Crippen molar-refractivity contribution in [2.75, 3.05) is 12.8 Å². The Bertz CT molecular complexity index is 562. The Morgan fingerprint density at radius 1 is 1.43 bits per heavy atom. The first-order valence-corrected chi connectivity index (χ1v) is 6.38. The largest absolute Gasteiger partial charge is 0.510 e. The molecule has 1 aliphatic heterocycles. The molecule has 118 valence electrons. The zero-order valence-corrected chi connectivity index (χ0v) is 12.2. The number of halogens is 1. The Morgan fingerprint density at radius 3 is 2.62 bits per heavy atom. The molecule has 1 unspecified atom stereocenters. The van der Waals surface area contributed by atoms with Gasteiger partial charge >= 0.3 is 11.8 Å². The van der Waals surface area contributed by atoms with E-state index in [1.165, 1.54) is 7.11 Å². The van der Waals surface area contributed by atoms with E-state index in [-0.39, 0.29) is 0 Å². The molecule has 0 bridgehead atoms. The fraction of sp³-hybridized carbons (Fsp3) is 0.583. The van der Waals surface area contributed by atoms with Crippen molar-refractivity contribution in [2.45, 2.75) is 39.2 Å². The molecule has 2 N–H and O–H groups in total. The Kier molecular flexibility index (Phi) is 5.65. The van der Waals surface area contributed by atoms with E-state index < -0.39 is 41.9 Å². The van der Waals surface area contributed by atoms with E-state index in [0.717, 1.165) is 10.8 Å². The standard InChI is InChI=1S/C10H12FN3O5.C2H6/c1-4(17-2)6-8(19-10(16)18-6)14-3-5(11)7(12)13-9(14)15;1-2/h3-4,6,8H,1-2H3,(H2,12,13,15);1-2H3/t4?,6-,8-;/m1./s1. The highest BCUT2D eigenvalue weighted by molar-refractivity contribution is 5.62. The van der Waals surface area contributed by atoms with Gasteiger partial charge in [0.05, 0.1) is 12.3 Å². The van der Waals surface area contributed by atoms with E-state index in [9.17, 15) is 14.0 Å². The van der Waals surface area contributed by atoms with Crippen LogP contribution in [-0.4, -0.2) is 35.0 Å². The van der Waals surface area contributed by atoms with Crippen LogP contribution < -0.4 is 11.4 Å². The average Bonchev–Trinajstić information content (AvgIpc) is 2.86. The second-order valence-electron chi connectivity index (χ2n) is 3.95. The maximum atomic E-state index is 13.4. The van der Waals surface area contributed by atoms with E-state index in [1.807, 2.05) is 13.8 Å². The van der Waals surface area contributed by atoms with Gasteiger partial charge in [0.1, 0.15) is 0 Å². The topological polar surface area (TPSA) is 106 Å². The smallest absolute Gasteiger partial charge is 0.422 e. The lowest BCUT2D eigenvalue weighted by Gasteiger charge is -2.21. The van der Waals surface area contributed by atoms with Crippen molar-refractivity contribution in [3.63, 3.8) is 0 Å². The van der Waals surface area contributed by atoms with Crippen LogP contribution >= 0.6 is 0 Å². The first-order valence-electron chi connectivity index (χ1n) is 6.38. The zero-order chi connectivity index (χ0) is 16.2. The molecule has 2 rings (SSSR count). The van der Waals surface area contributed by atoms with Crippen LogP contribution in [0.4, 0.5) is 15.0 Å². The van der Waals surface area contributed by atoms with Crippen molar-refractivity contribution in [3.8, 4) is 0 Å². The van der Waals surface area contributed by atoms with Gasteiger partial charge in [0.15, 0.2) is 17.7 Å². The summed E-state index contributed by atoms with van der Waals surface area (Å²) in [6.45, 7) is 5.62. The summed E-state index contributed by atoms with van der Waals surface area (Å²) in [5, 5.41) is 0. The predicted octanol–water partition coefficient (Wildman–Crippen LogP) is 1.06. The minimum Gasteiger partial charge on any atom is -0.422 e. The van der Waals surface area contributed by atoms with Crippen LogP contribution in [0.25, 0.3) is 0 Å². The third-order valence-corrected chi connectivity index (χ3v) is 2.77. The number of aromatic nitrogens is 2. The van der Waals surface area contributed by atoms with Gasteiger partial charge in [0.25, 0.3) is 0 Å². The molecule has 1 aliphatic rings. The van der Waals surface area contributed by atoms with Gasteiger partial charge in [0.2, 0.25) is 6.23 Å². The van der Waals surface area contributed by atoms with Crippen LogP contribution in [0, 0.1) is 5.82 Å². The number of hydrogen-bond acceptors (Lipinski definition) is 7. The summed E-state index contributed by atoms with van der Waals surface area (Å²) in [7, 11) is 1.40. The van der Waals surface area contributed by atoms with Crippen LogP contribution in [0.5, 0.6) is 0 Å². The highest BCUT2D eigenvalue weighted by Gasteiger charge is 2.42. The number of nitrogens with zero attached hydrogens (tertiary/aromatic N) is 2. The van der Waals surface area contributed by atoms with Crippen molar-refractivity contribution >= 4 is 12.0 Å². The molecule has 0 amide bonds. The summed E-state index contributed by atoms with van der Waals surface area (Å²) >= 11 is 0. The predicted molar refractivity (Wildman–Crippen MR) is 71.1 cm³/mol. The first kappa shape index (κ1) is 16.9. The number of nitrogens with two attached hydrogens (primary N) is 1. The highest BCUT2D eigenvalue weighted by Crippen LogP contribution is 2.27. The Morgan fingerprint density at radius 2 is 2.05 bits per heavy atom. The van der Waals surface area contributed by atoms with Crippen molar-refractivity contribution in [1.82, 2.24) is 9.55 Å². The van der Waals surface area contributed by atoms with Gasteiger partial charge in [-0.25, -0.2) is 14.0 Å². The van der Waals surface area contributed by atoms with Crippen LogP contribution in [0.15, 0.2) is 11.0 Å². The van der Waals surface area contributed by atoms with Crippen molar-refractivity contribution in [1.29, 1.82) is 0 Å². The number of anilines is 1. The minimum atomic E-state index is -1.16. The Labute approximate surface area is 120 Å². The van der Waals surface area contributed by atoms with Crippen LogP contribution in [0.2, 0.25) is 0 Å². The Hall–Kier alpha value is -2.16. The maximum Gasteiger partial charge on any atom is 0.510 e. The first-order chi connectivity index (χ1) is 9.93. The fourth-order valence-electron chi connectivity index (χ4n) is 1.68. The molecule has 0 aliphatic carbocycles. The number of cyclic esters (lactones) is 2. The van der Waals surface area contributed by atoms with Gasteiger partial charge in [-0.3, -0.25) is 4.57 Å². The molecule has 3 atom stereocenters. The number of methoxy groups -OCH3 is 1. The van der Waals surface area contributed by atoms with Crippen molar-refractivity contribution in [3.05, 3.63) is 22.5 Å². The summed E-state index contributed by atoms with van der Waals surface area (Å²) in [4.78, 5) is 26.1. The number of ether oxygens (including phenoxy) is 3. The third kappa shape index (κ3) is 3.48. The highest BCUT2D eigenvalue weighted by atomic mass is 19.1. The lowest BCUT2D eigenvalue weighted by Crippen LogP contribution is -2.38. The lowest BCUT2D eigenvalue weighted by atomic mass is 10.2. The number of hydrogen-bond donors (Lipinski definition) is 1. The second kappa shape index (κ2) is 7.02. The number of rotatable bonds is 3. The summed E-state index contributed by atoms with van der Waals surface area (Å²) in [5.41, 5.74) is 4.32. The lowest BCUT2D eigenvalue weighted by molar-refractivity contribution is -0.0252. The molecule has 9 heteroatoms. The molecule has 1 saturated heterocycles. The molecule has 8 nitrogen and oxygen atoms in total. The SMILES string of the molecule is CC.COC(C)[C@H]1OC(=O)O[C@H]1n1cc(F)c(N)nc1=O. The Balaban J connectivity index is 0.00000106. The quantitative estimate of drug-likeness (QED) is 0.832. The molecule has 2 heterocycles. The van der Waals surface area contributed by atoms with Gasteiger partial charge in [-0.05, 0) is 6.92 Å². The van der Waals surface area contributed by atoms with Gasteiger partial charge in [-0.2, -0.15) is 4.98 Å². The monoisotopic (exact) mass is 303 g/mol. The second-order valence-corrected chi connectivity index (χ2v) is 3.95. The molecular formula is C12H18FN3O5. The number of carbonyl (C=O) groups is 1. The van der Waals surface area contributed by atoms with Gasteiger partial charge in [-0.15, -0.1) is 0 Å². The van der Waals surface area contributed by atoms with Crippen LogP contribution in [0.1, 0.15) is 27.0 Å².